The van der Waals surface area contributed by atoms with Gasteiger partial charge in [-0.2, -0.15) is 0 Å². The van der Waals surface area contributed by atoms with E-state index in [1.807, 2.05) is 13.8 Å². The Morgan fingerprint density at radius 2 is 1.75 bits per heavy atom. The Balaban J connectivity index is 3.79. The van der Waals surface area contributed by atoms with Gasteiger partial charge in [0.1, 0.15) is 0 Å². The number of ether oxygens (including phenoxy) is 1. The molecule has 0 rings (SSSR count). The van der Waals surface area contributed by atoms with Gasteiger partial charge in [-0.25, -0.2) is 0 Å². The summed E-state index contributed by atoms with van der Waals surface area (Å²) in [5, 5.41) is 0. The fourth-order valence-corrected chi connectivity index (χ4v) is 1.77. The van der Waals surface area contributed by atoms with E-state index in [9.17, 15) is 4.79 Å². The topological polar surface area (TPSA) is 26.3 Å². The quantitative estimate of drug-likeness (QED) is 0.437. The molecule has 0 aliphatic rings. The van der Waals surface area contributed by atoms with Crippen LogP contribution in [0.1, 0.15) is 66.2 Å². The highest BCUT2D eigenvalue weighted by atomic mass is 16.5. The highest BCUT2D eigenvalue weighted by molar-refractivity contribution is 5.71. The Bertz CT molecular complexity index is 176. The van der Waals surface area contributed by atoms with Gasteiger partial charge < -0.3 is 4.74 Å². The molecule has 0 aromatic heterocycles. The standard InChI is InChI=1S/C14H28O2/c1-5-7-8-10-13(9-6-2)11-16-14(15)12(3)4/h12-13H,5-11H2,1-4H3/t13-/m0/s1. The molecule has 96 valence electrons. The first-order chi connectivity index (χ1) is 7.61. The number of carbonyl (C=O) groups is 1. The lowest BCUT2D eigenvalue weighted by atomic mass is 9.97. The molecule has 2 heteroatoms. The van der Waals surface area contributed by atoms with Crippen LogP contribution in [0.15, 0.2) is 0 Å². The molecule has 0 fully saturated rings. The smallest absolute Gasteiger partial charge is 0.308 e. The zero-order valence-electron chi connectivity index (χ0n) is 11.4. The van der Waals surface area contributed by atoms with Gasteiger partial charge in [0.15, 0.2) is 0 Å². The summed E-state index contributed by atoms with van der Waals surface area (Å²) in [5.74, 6) is 0.508. The molecule has 0 aliphatic heterocycles. The van der Waals surface area contributed by atoms with Crippen LogP contribution in [0.5, 0.6) is 0 Å². The number of hydrogen-bond acceptors (Lipinski definition) is 2. The van der Waals surface area contributed by atoms with Crippen molar-refractivity contribution in [1.82, 2.24) is 0 Å². The van der Waals surface area contributed by atoms with Crippen molar-refractivity contribution >= 4 is 5.97 Å². The zero-order chi connectivity index (χ0) is 12.4. The summed E-state index contributed by atoms with van der Waals surface area (Å²) in [7, 11) is 0. The number of carbonyl (C=O) groups excluding carboxylic acids is 1. The van der Waals surface area contributed by atoms with Crippen LogP contribution in [0, 0.1) is 11.8 Å². The molecule has 0 aromatic rings. The third-order valence-electron chi connectivity index (χ3n) is 2.85. The molecule has 0 unspecified atom stereocenters. The number of esters is 1. The van der Waals surface area contributed by atoms with Crippen LogP contribution < -0.4 is 0 Å². The Morgan fingerprint density at radius 1 is 1.06 bits per heavy atom. The number of rotatable bonds is 9. The van der Waals surface area contributed by atoms with Crippen molar-refractivity contribution in [2.45, 2.75) is 66.2 Å². The van der Waals surface area contributed by atoms with E-state index >= 15 is 0 Å². The second-order valence-corrected chi connectivity index (χ2v) is 4.94. The van der Waals surface area contributed by atoms with Crippen molar-refractivity contribution in [2.75, 3.05) is 6.61 Å². The van der Waals surface area contributed by atoms with Gasteiger partial charge in [0.25, 0.3) is 0 Å². The fourth-order valence-electron chi connectivity index (χ4n) is 1.77. The van der Waals surface area contributed by atoms with Crippen molar-refractivity contribution in [1.29, 1.82) is 0 Å². The molecule has 0 spiro atoms. The summed E-state index contributed by atoms with van der Waals surface area (Å²) < 4.78 is 5.31. The Hall–Kier alpha value is -0.530. The number of hydrogen-bond donors (Lipinski definition) is 0. The fraction of sp³-hybridized carbons (Fsp3) is 0.929. The predicted molar refractivity (Wildman–Crippen MR) is 68.3 cm³/mol. The molecule has 0 bridgehead atoms. The lowest BCUT2D eigenvalue weighted by Gasteiger charge is -2.16. The van der Waals surface area contributed by atoms with Crippen LogP contribution in [0.2, 0.25) is 0 Å². The maximum absolute atomic E-state index is 11.4. The molecule has 0 aromatic carbocycles. The monoisotopic (exact) mass is 228 g/mol. The SMILES string of the molecule is CCCCC[C@H](CCC)COC(=O)C(C)C. The lowest BCUT2D eigenvalue weighted by Crippen LogP contribution is -2.17. The first kappa shape index (κ1) is 15.5. The minimum Gasteiger partial charge on any atom is -0.465 e. The first-order valence-electron chi connectivity index (χ1n) is 6.78. The van der Waals surface area contributed by atoms with Crippen molar-refractivity contribution in [3.63, 3.8) is 0 Å². The van der Waals surface area contributed by atoms with Crippen LogP contribution in [0.3, 0.4) is 0 Å². The second-order valence-electron chi connectivity index (χ2n) is 4.94. The van der Waals surface area contributed by atoms with E-state index in [-0.39, 0.29) is 11.9 Å². The van der Waals surface area contributed by atoms with Gasteiger partial charge in [-0.1, -0.05) is 53.4 Å². The van der Waals surface area contributed by atoms with Crippen molar-refractivity contribution in [3.05, 3.63) is 0 Å². The minimum absolute atomic E-state index is 0.00193. The van der Waals surface area contributed by atoms with Crippen LogP contribution in [-0.4, -0.2) is 12.6 Å². The summed E-state index contributed by atoms with van der Waals surface area (Å²) in [5.41, 5.74) is 0. The molecule has 1 atom stereocenters. The van der Waals surface area contributed by atoms with Gasteiger partial charge in [-0.15, -0.1) is 0 Å². The van der Waals surface area contributed by atoms with Gasteiger partial charge >= 0.3 is 5.97 Å². The maximum atomic E-state index is 11.4. The van der Waals surface area contributed by atoms with E-state index in [0.717, 1.165) is 0 Å². The van der Waals surface area contributed by atoms with Crippen LogP contribution >= 0.6 is 0 Å². The predicted octanol–water partition coefficient (Wildman–Crippen LogP) is 4.18. The second kappa shape index (κ2) is 9.68. The summed E-state index contributed by atoms with van der Waals surface area (Å²) >= 11 is 0. The normalized spacial score (nSPS) is 12.8. The van der Waals surface area contributed by atoms with E-state index < -0.39 is 0 Å². The van der Waals surface area contributed by atoms with E-state index in [1.54, 1.807) is 0 Å². The third-order valence-corrected chi connectivity index (χ3v) is 2.85. The Labute approximate surface area is 101 Å². The summed E-state index contributed by atoms with van der Waals surface area (Å²) in [6.45, 7) is 8.79. The molecular formula is C14H28O2. The molecule has 0 radical (unpaired) electrons. The van der Waals surface area contributed by atoms with Gasteiger partial charge in [0, 0.05) is 0 Å². The molecule has 0 aliphatic carbocycles. The van der Waals surface area contributed by atoms with Crippen LogP contribution in [-0.2, 0) is 9.53 Å². The average Bonchev–Trinajstić information content (AvgIpc) is 2.25. The summed E-state index contributed by atoms with van der Waals surface area (Å²) in [6, 6.07) is 0. The molecule has 0 saturated carbocycles. The van der Waals surface area contributed by atoms with Crippen LogP contribution in [0.25, 0.3) is 0 Å². The highest BCUT2D eigenvalue weighted by Crippen LogP contribution is 2.16. The lowest BCUT2D eigenvalue weighted by molar-refractivity contribution is -0.148. The van der Waals surface area contributed by atoms with Crippen molar-refractivity contribution in [3.8, 4) is 0 Å². The van der Waals surface area contributed by atoms with Gasteiger partial charge in [0.05, 0.1) is 12.5 Å². The van der Waals surface area contributed by atoms with E-state index in [1.165, 1.54) is 38.5 Å². The largest absolute Gasteiger partial charge is 0.465 e. The Morgan fingerprint density at radius 3 is 2.25 bits per heavy atom. The molecular weight excluding hydrogens is 200 g/mol. The molecule has 16 heavy (non-hydrogen) atoms. The van der Waals surface area contributed by atoms with E-state index in [4.69, 9.17) is 4.74 Å². The summed E-state index contributed by atoms with van der Waals surface area (Å²) in [4.78, 5) is 11.4. The van der Waals surface area contributed by atoms with Gasteiger partial charge in [-0.05, 0) is 18.8 Å². The van der Waals surface area contributed by atoms with Crippen LogP contribution in [0.4, 0.5) is 0 Å². The first-order valence-corrected chi connectivity index (χ1v) is 6.78. The summed E-state index contributed by atoms with van der Waals surface area (Å²) in [6.07, 6.45) is 7.36. The molecule has 0 N–H and O–H groups in total. The minimum atomic E-state index is -0.0587. The molecule has 2 nitrogen and oxygen atoms in total. The maximum Gasteiger partial charge on any atom is 0.308 e. The molecule has 0 saturated heterocycles. The Kier molecular flexibility index (Phi) is 9.36. The molecule has 0 amide bonds. The zero-order valence-corrected chi connectivity index (χ0v) is 11.4. The number of unbranched alkanes of at least 4 members (excludes halogenated alkanes) is 2. The van der Waals surface area contributed by atoms with Crippen molar-refractivity contribution < 1.29 is 9.53 Å². The van der Waals surface area contributed by atoms with E-state index in [0.29, 0.717) is 12.5 Å². The van der Waals surface area contributed by atoms with Crippen molar-refractivity contribution in [2.24, 2.45) is 11.8 Å². The van der Waals surface area contributed by atoms with Gasteiger partial charge in [-0.3, -0.25) is 4.79 Å². The average molecular weight is 228 g/mol. The van der Waals surface area contributed by atoms with E-state index in [2.05, 4.69) is 13.8 Å². The highest BCUT2D eigenvalue weighted by Gasteiger charge is 2.13. The molecule has 0 heterocycles. The van der Waals surface area contributed by atoms with Gasteiger partial charge in [0.2, 0.25) is 0 Å². The third kappa shape index (κ3) is 7.72.